The molecule has 0 saturated heterocycles. The third-order valence-electron chi connectivity index (χ3n) is 8.56. The third-order valence-corrected chi connectivity index (χ3v) is 8.56. The van der Waals surface area contributed by atoms with Crippen LogP contribution in [0.4, 0.5) is 0 Å². The topological polar surface area (TPSA) is 91.7 Å². The summed E-state index contributed by atoms with van der Waals surface area (Å²) in [6, 6.07) is 0. The lowest BCUT2D eigenvalue weighted by Gasteiger charge is -2.59. The van der Waals surface area contributed by atoms with E-state index in [-0.39, 0.29) is 29.0 Å². The van der Waals surface area contributed by atoms with Crippen molar-refractivity contribution in [2.75, 3.05) is 0 Å². The average Bonchev–Trinajstić information content (AvgIpc) is 2.93. The van der Waals surface area contributed by atoms with Gasteiger partial charge in [-0.15, -0.1) is 0 Å². The maximum atomic E-state index is 12.2. The van der Waals surface area contributed by atoms with Crippen molar-refractivity contribution < 1.29 is 24.6 Å². The van der Waals surface area contributed by atoms with Crippen molar-refractivity contribution in [3.05, 3.63) is 11.6 Å². The Labute approximate surface area is 167 Å². The Morgan fingerprint density at radius 2 is 1.71 bits per heavy atom. The molecule has 0 heterocycles. The molecule has 4 aliphatic rings. The molecule has 3 saturated carbocycles. The summed E-state index contributed by atoms with van der Waals surface area (Å²) >= 11 is 0. The summed E-state index contributed by atoms with van der Waals surface area (Å²) < 4.78 is 0. The summed E-state index contributed by atoms with van der Waals surface area (Å²) in [6.45, 7) is 7.40. The molecule has 0 radical (unpaired) electrons. The van der Waals surface area contributed by atoms with Gasteiger partial charge in [-0.2, -0.15) is 0 Å². The second-order valence-electron chi connectivity index (χ2n) is 9.86. The Kier molecular flexibility index (Phi) is 5.61. The molecule has 0 amide bonds. The van der Waals surface area contributed by atoms with Crippen LogP contribution in [0, 0.1) is 34.5 Å². The maximum absolute atomic E-state index is 12.2. The Balaban J connectivity index is 0.000000516. The fourth-order valence-corrected chi connectivity index (χ4v) is 7.28. The summed E-state index contributed by atoms with van der Waals surface area (Å²) in [6.07, 6.45) is 8.02. The molecule has 0 aromatic rings. The van der Waals surface area contributed by atoms with Crippen LogP contribution < -0.4 is 0 Å². The van der Waals surface area contributed by atoms with Gasteiger partial charge >= 0.3 is 0 Å². The minimum absolute atomic E-state index is 0.0894. The molecule has 5 nitrogen and oxygen atoms in total. The predicted octanol–water partition coefficient (Wildman–Crippen LogP) is 3.79. The Hall–Kier alpha value is -1.49. The molecule has 3 fully saturated rings. The summed E-state index contributed by atoms with van der Waals surface area (Å²) in [4.78, 5) is 33.1. The minimum Gasteiger partial charge on any atom is -0.481 e. The number of aliphatic hydroxyl groups is 1. The van der Waals surface area contributed by atoms with Crippen molar-refractivity contribution in [3.63, 3.8) is 0 Å². The van der Waals surface area contributed by atoms with Gasteiger partial charge in [0, 0.05) is 24.7 Å². The van der Waals surface area contributed by atoms with Crippen LogP contribution in [0.15, 0.2) is 11.6 Å². The highest BCUT2D eigenvalue weighted by Gasteiger charge is 2.61. The van der Waals surface area contributed by atoms with Crippen LogP contribution in [0.2, 0.25) is 0 Å². The molecule has 4 aliphatic carbocycles. The first-order valence-corrected chi connectivity index (χ1v) is 10.6. The van der Waals surface area contributed by atoms with Gasteiger partial charge in [0.15, 0.2) is 5.78 Å². The second-order valence-corrected chi connectivity index (χ2v) is 9.86. The van der Waals surface area contributed by atoms with Crippen LogP contribution in [-0.2, 0) is 14.4 Å². The Bertz CT molecular complexity index is 706. The van der Waals surface area contributed by atoms with E-state index < -0.39 is 12.1 Å². The van der Waals surface area contributed by atoms with E-state index in [1.807, 2.05) is 6.08 Å². The summed E-state index contributed by atoms with van der Waals surface area (Å²) in [5.41, 5.74) is 1.11. The summed E-state index contributed by atoms with van der Waals surface area (Å²) in [5.74, 6) is 1.51. The van der Waals surface area contributed by atoms with E-state index in [1.54, 1.807) is 6.92 Å². The molecular formula is C23H34O5. The maximum Gasteiger partial charge on any atom is 0.300 e. The number of aliphatic hydroxyl groups excluding tert-OH is 1. The summed E-state index contributed by atoms with van der Waals surface area (Å²) in [5, 5.41) is 18.2. The van der Waals surface area contributed by atoms with Crippen LogP contribution in [0.3, 0.4) is 0 Å². The first-order valence-electron chi connectivity index (χ1n) is 10.6. The van der Waals surface area contributed by atoms with Crippen molar-refractivity contribution in [2.45, 2.75) is 78.7 Å². The molecule has 1 unspecified atom stereocenters. The van der Waals surface area contributed by atoms with Gasteiger partial charge in [0.1, 0.15) is 5.78 Å². The number of Topliss-reactive ketones (excluding diaryl/α,β-unsaturated/α-hetero) is 1. The van der Waals surface area contributed by atoms with Gasteiger partial charge in [-0.25, -0.2) is 0 Å². The highest BCUT2D eigenvalue weighted by molar-refractivity contribution is 5.92. The molecule has 5 heteroatoms. The van der Waals surface area contributed by atoms with Gasteiger partial charge in [-0.1, -0.05) is 19.4 Å². The first kappa shape index (κ1) is 21.2. The monoisotopic (exact) mass is 390 g/mol. The van der Waals surface area contributed by atoms with Gasteiger partial charge in [-0.05, 0) is 74.7 Å². The lowest BCUT2D eigenvalue weighted by Crippen LogP contribution is -2.55. The number of aliphatic carboxylic acids is 1. The number of rotatable bonds is 1. The number of hydrogen-bond donors (Lipinski definition) is 2. The fraction of sp³-hybridized carbons (Fsp3) is 0.783. The minimum atomic E-state index is -0.833. The van der Waals surface area contributed by atoms with Crippen molar-refractivity contribution >= 4 is 17.5 Å². The zero-order valence-electron chi connectivity index (χ0n) is 17.5. The first-order chi connectivity index (χ1) is 13.0. The van der Waals surface area contributed by atoms with E-state index in [0.29, 0.717) is 23.5 Å². The molecule has 0 aliphatic heterocycles. The number of carboxylic acid groups (broad SMARTS) is 1. The van der Waals surface area contributed by atoms with Gasteiger partial charge in [-0.3, -0.25) is 14.4 Å². The second kappa shape index (κ2) is 7.40. The van der Waals surface area contributed by atoms with E-state index in [9.17, 15) is 14.7 Å². The van der Waals surface area contributed by atoms with Crippen LogP contribution in [0.5, 0.6) is 0 Å². The lowest BCUT2D eigenvalue weighted by molar-refractivity contribution is -0.134. The number of ketones is 2. The van der Waals surface area contributed by atoms with E-state index in [0.717, 1.165) is 45.4 Å². The molecule has 0 spiro atoms. The van der Waals surface area contributed by atoms with Crippen molar-refractivity contribution in [2.24, 2.45) is 34.5 Å². The highest BCUT2D eigenvalue weighted by atomic mass is 16.4. The zero-order chi connectivity index (χ0) is 20.9. The van der Waals surface area contributed by atoms with Crippen molar-refractivity contribution in [3.8, 4) is 0 Å². The quantitative estimate of drug-likeness (QED) is 0.711. The molecule has 2 N–H and O–H groups in total. The number of hydrogen-bond acceptors (Lipinski definition) is 4. The number of carbonyl (C=O) groups excluding carboxylic acids is 2. The molecule has 0 bridgehead atoms. The molecule has 7 atom stereocenters. The van der Waals surface area contributed by atoms with Crippen LogP contribution >= 0.6 is 0 Å². The Morgan fingerprint density at radius 1 is 1.07 bits per heavy atom. The normalized spacial score (nSPS) is 44.2. The van der Waals surface area contributed by atoms with Gasteiger partial charge in [0.25, 0.3) is 5.97 Å². The van der Waals surface area contributed by atoms with E-state index in [1.165, 1.54) is 5.57 Å². The third kappa shape index (κ3) is 3.26. The summed E-state index contributed by atoms with van der Waals surface area (Å²) in [7, 11) is 0. The average molecular weight is 391 g/mol. The van der Waals surface area contributed by atoms with E-state index in [4.69, 9.17) is 9.90 Å². The largest absolute Gasteiger partial charge is 0.481 e. The number of carbonyl (C=O) groups is 3. The molecule has 156 valence electrons. The molecule has 0 aromatic carbocycles. The molecule has 4 rings (SSSR count). The van der Waals surface area contributed by atoms with E-state index in [2.05, 4.69) is 13.8 Å². The molecule has 28 heavy (non-hydrogen) atoms. The van der Waals surface area contributed by atoms with Gasteiger partial charge in [0.2, 0.25) is 0 Å². The molecule has 0 aromatic heterocycles. The van der Waals surface area contributed by atoms with Gasteiger partial charge in [0.05, 0.1) is 6.10 Å². The highest BCUT2D eigenvalue weighted by Crippen LogP contribution is 2.66. The van der Waals surface area contributed by atoms with Crippen molar-refractivity contribution in [1.29, 1.82) is 0 Å². The van der Waals surface area contributed by atoms with Crippen molar-refractivity contribution in [1.82, 2.24) is 0 Å². The zero-order valence-corrected chi connectivity index (χ0v) is 17.5. The number of carboxylic acids is 1. The van der Waals surface area contributed by atoms with Crippen LogP contribution in [0.1, 0.15) is 72.6 Å². The SMILES string of the molecule is CC(=O)O.CC(=O)[C@H]1CC[C@H]2[C@@H]3CCC4=CC(=O)CC(O)[C@]4(C)[C@H]3CC[C@]12C. The number of fused-ring (bicyclic) bond motifs is 5. The van der Waals surface area contributed by atoms with E-state index >= 15 is 0 Å². The standard InChI is InChI=1S/C21H30O3.C2H4O2/c1-12(22)16-6-7-17-15-5-4-13-10-14(23)11-19(24)21(13,3)18(15)8-9-20(16,17)2;1-2(3)4/h10,15-19,24H,4-9,11H2,1-3H3;1H3,(H,3,4)/t15-,16+,17-,18-,19?,20+,21-;/m0./s1. The van der Waals surface area contributed by atoms with Crippen LogP contribution in [-0.4, -0.2) is 33.9 Å². The smallest absolute Gasteiger partial charge is 0.300 e. The van der Waals surface area contributed by atoms with Crippen LogP contribution in [0.25, 0.3) is 0 Å². The molecular weight excluding hydrogens is 356 g/mol. The Morgan fingerprint density at radius 3 is 2.32 bits per heavy atom. The fourth-order valence-electron chi connectivity index (χ4n) is 7.28. The predicted molar refractivity (Wildman–Crippen MR) is 106 cm³/mol. The lowest BCUT2D eigenvalue weighted by atomic mass is 9.46. The van der Waals surface area contributed by atoms with Gasteiger partial charge < -0.3 is 10.2 Å².